The number of aliphatic hydroxyl groups excluding tert-OH is 1. The summed E-state index contributed by atoms with van der Waals surface area (Å²) in [5, 5.41) is 28.2. The van der Waals surface area contributed by atoms with E-state index in [1.807, 2.05) is 5.48 Å². The first-order valence-corrected chi connectivity index (χ1v) is 8.12. The molecule has 0 aliphatic heterocycles. The number of halogens is 1. The SMILES string of the molecule is Cc1cc(N=C(NO)c2nonc2SCCNC(=O)CO)ccc1F. The highest BCUT2D eigenvalue weighted by atomic mass is 32.2. The highest BCUT2D eigenvalue weighted by Gasteiger charge is 2.17. The van der Waals surface area contributed by atoms with Crippen LogP contribution >= 0.6 is 11.8 Å². The van der Waals surface area contributed by atoms with Crippen LogP contribution < -0.4 is 10.8 Å². The van der Waals surface area contributed by atoms with Gasteiger partial charge in [0, 0.05) is 12.3 Å². The fraction of sp³-hybridized carbons (Fsp3) is 0.286. The number of aromatic nitrogens is 2. The maximum Gasteiger partial charge on any atom is 0.245 e. The van der Waals surface area contributed by atoms with Gasteiger partial charge in [-0.1, -0.05) is 11.8 Å². The Morgan fingerprint density at radius 2 is 2.24 bits per heavy atom. The van der Waals surface area contributed by atoms with E-state index >= 15 is 0 Å². The molecule has 0 atom stereocenters. The quantitative estimate of drug-likeness (QED) is 0.185. The van der Waals surface area contributed by atoms with Gasteiger partial charge in [0.25, 0.3) is 0 Å². The van der Waals surface area contributed by atoms with Crippen molar-refractivity contribution in [3.05, 3.63) is 35.3 Å². The smallest absolute Gasteiger partial charge is 0.245 e. The zero-order valence-electron chi connectivity index (χ0n) is 13.2. The van der Waals surface area contributed by atoms with Gasteiger partial charge in [0.2, 0.25) is 5.91 Å². The first-order valence-electron chi connectivity index (χ1n) is 7.13. The lowest BCUT2D eigenvalue weighted by Crippen LogP contribution is -2.28. The number of amidine groups is 1. The van der Waals surface area contributed by atoms with E-state index in [1.165, 1.54) is 30.0 Å². The molecule has 0 fully saturated rings. The Morgan fingerprint density at radius 1 is 1.44 bits per heavy atom. The second-order valence-corrected chi connectivity index (χ2v) is 5.86. The van der Waals surface area contributed by atoms with Crippen LogP contribution in [0, 0.1) is 12.7 Å². The Hall–Kier alpha value is -2.50. The van der Waals surface area contributed by atoms with Gasteiger partial charge in [0.15, 0.2) is 16.6 Å². The van der Waals surface area contributed by atoms with Crippen molar-refractivity contribution >= 4 is 29.2 Å². The molecule has 2 rings (SSSR count). The molecule has 0 unspecified atom stereocenters. The average Bonchev–Trinajstić information content (AvgIpc) is 3.07. The molecule has 0 spiro atoms. The minimum atomic E-state index is -0.580. The normalized spacial score (nSPS) is 11.4. The van der Waals surface area contributed by atoms with Gasteiger partial charge in [-0.3, -0.25) is 15.5 Å². The summed E-state index contributed by atoms with van der Waals surface area (Å²) in [4.78, 5) is 15.1. The minimum Gasteiger partial charge on any atom is -0.387 e. The van der Waals surface area contributed by atoms with Gasteiger partial charge in [-0.05, 0) is 41.0 Å². The molecule has 1 aromatic heterocycles. The number of aryl methyl sites for hydroxylation is 1. The number of hydrogen-bond acceptors (Lipinski definition) is 8. The van der Waals surface area contributed by atoms with Crippen molar-refractivity contribution < 1.29 is 24.1 Å². The fourth-order valence-electron chi connectivity index (χ4n) is 1.77. The summed E-state index contributed by atoms with van der Waals surface area (Å²) in [5.41, 5.74) is 2.91. The molecule has 0 saturated heterocycles. The van der Waals surface area contributed by atoms with E-state index in [0.717, 1.165) is 0 Å². The van der Waals surface area contributed by atoms with E-state index in [-0.39, 0.29) is 17.3 Å². The highest BCUT2D eigenvalue weighted by Crippen LogP contribution is 2.21. The molecule has 9 nitrogen and oxygen atoms in total. The maximum atomic E-state index is 13.3. The number of nitrogens with zero attached hydrogens (tertiary/aromatic N) is 3. The number of hydroxylamine groups is 1. The maximum absolute atomic E-state index is 13.3. The largest absolute Gasteiger partial charge is 0.387 e. The number of aliphatic hydroxyl groups is 1. The molecule has 0 aliphatic carbocycles. The molecule has 2 aromatic rings. The van der Waals surface area contributed by atoms with E-state index in [4.69, 9.17) is 5.11 Å². The van der Waals surface area contributed by atoms with Gasteiger partial charge >= 0.3 is 0 Å². The van der Waals surface area contributed by atoms with Crippen molar-refractivity contribution in [2.24, 2.45) is 4.99 Å². The topological polar surface area (TPSA) is 133 Å². The molecule has 0 saturated carbocycles. The predicted molar refractivity (Wildman–Crippen MR) is 87.4 cm³/mol. The highest BCUT2D eigenvalue weighted by molar-refractivity contribution is 7.99. The fourth-order valence-corrected chi connectivity index (χ4v) is 2.53. The van der Waals surface area contributed by atoms with Crippen molar-refractivity contribution in [2.75, 3.05) is 18.9 Å². The summed E-state index contributed by atoms with van der Waals surface area (Å²) < 4.78 is 18.0. The number of carbonyl (C=O) groups is 1. The first kappa shape index (κ1) is 18.8. The number of aliphatic imine (C=N–C) groups is 1. The Balaban J connectivity index is 2.10. The molecule has 4 N–H and O–H groups in total. The second-order valence-electron chi connectivity index (χ2n) is 4.78. The molecule has 11 heteroatoms. The third-order valence-electron chi connectivity index (χ3n) is 2.98. The summed E-state index contributed by atoms with van der Waals surface area (Å²) in [5.74, 6) is -0.428. The summed E-state index contributed by atoms with van der Waals surface area (Å²) in [6.07, 6.45) is 0. The van der Waals surface area contributed by atoms with Crippen LogP contribution in [0.4, 0.5) is 10.1 Å². The van der Waals surface area contributed by atoms with E-state index in [9.17, 15) is 14.4 Å². The van der Waals surface area contributed by atoms with Crippen molar-refractivity contribution in [1.29, 1.82) is 0 Å². The number of amides is 1. The van der Waals surface area contributed by atoms with Crippen LogP contribution in [0.1, 0.15) is 11.3 Å². The van der Waals surface area contributed by atoms with E-state index in [1.54, 1.807) is 6.92 Å². The van der Waals surface area contributed by atoms with Crippen molar-refractivity contribution in [3.8, 4) is 0 Å². The Morgan fingerprint density at radius 3 is 2.92 bits per heavy atom. The summed E-state index contributed by atoms with van der Waals surface area (Å²) in [6.45, 7) is 1.32. The molecule has 0 radical (unpaired) electrons. The third kappa shape index (κ3) is 5.24. The monoisotopic (exact) mass is 369 g/mol. The third-order valence-corrected chi connectivity index (χ3v) is 3.93. The lowest BCUT2D eigenvalue weighted by Gasteiger charge is -2.04. The molecular formula is C14H16FN5O4S. The van der Waals surface area contributed by atoms with Gasteiger partial charge in [-0.25, -0.2) is 14.0 Å². The standard InChI is InChI=1S/C14H16FN5O4S/c1-8-6-9(2-3-10(8)15)17-13(18-23)12-14(20-24-19-12)25-5-4-16-11(22)7-21/h2-3,6,21,23H,4-5,7H2,1H3,(H,16,22)(H,17,18). The summed E-state index contributed by atoms with van der Waals surface area (Å²) in [7, 11) is 0. The molecule has 25 heavy (non-hydrogen) atoms. The number of benzene rings is 1. The number of nitrogens with one attached hydrogen (secondary N) is 2. The summed E-state index contributed by atoms with van der Waals surface area (Å²) in [6, 6.07) is 4.23. The van der Waals surface area contributed by atoms with Gasteiger partial charge in [-0.15, -0.1) is 0 Å². The predicted octanol–water partition coefficient (Wildman–Crippen LogP) is 0.775. The number of rotatable bonds is 7. The average molecular weight is 369 g/mol. The number of thioether (sulfide) groups is 1. The second kappa shape index (κ2) is 9.11. The minimum absolute atomic E-state index is 0.0193. The molecule has 0 aliphatic rings. The van der Waals surface area contributed by atoms with Gasteiger partial charge in [-0.2, -0.15) is 0 Å². The zero-order valence-corrected chi connectivity index (χ0v) is 14.0. The Labute approximate surface area is 146 Å². The first-order chi connectivity index (χ1) is 12.0. The number of hydrogen-bond donors (Lipinski definition) is 4. The van der Waals surface area contributed by atoms with Crippen molar-refractivity contribution in [1.82, 2.24) is 21.1 Å². The molecular weight excluding hydrogens is 353 g/mol. The molecule has 134 valence electrons. The lowest BCUT2D eigenvalue weighted by molar-refractivity contribution is -0.123. The van der Waals surface area contributed by atoms with Crippen LogP contribution in [0.25, 0.3) is 0 Å². The van der Waals surface area contributed by atoms with E-state index in [2.05, 4.69) is 25.3 Å². The zero-order chi connectivity index (χ0) is 18.2. The molecule has 1 heterocycles. The van der Waals surface area contributed by atoms with Crippen molar-refractivity contribution in [3.63, 3.8) is 0 Å². The number of carbonyl (C=O) groups excluding carboxylic acids is 1. The molecule has 1 amide bonds. The van der Waals surface area contributed by atoms with Crippen LogP contribution in [-0.2, 0) is 4.79 Å². The molecule has 0 bridgehead atoms. The van der Waals surface area contributed by atoms with Gasteiger partial charge in [0.1, 0.15) is 12.4 Å². The van der Waals surface area contributed by atoms with Gasteiger partial charge in [0.05, 0.1) is 5.69 Å². The van der Waals surface area contributed by atoms with Crippen LogP contribution in [0.5, 0.6) is 0 Å². The van der Waals surface area contributed by atoms with E-state index in [0.29, 0.717) is 28.6 Å². The van der Waals surface area contributed by atoms with Crippen molar-refractivity contribution in [2.45, 2.75) is 11.9 Å². The Kier molecular flexibility index (Phi) is 6.86. The van der Waals surface area contributed by atoms with Crippen LogP contribution in [0.15, 0.2) is 32.8 Å². The summed E-state index contributed by atoms with van der Waals surface area (Å²) >= 11 is 1.21. The van der Waals surface area contributed by atoms with Crippen LogP contribution in [-0.4, -0.2) is 51.3 Å². The van der Waals surface area contributed by atoms with E-state index < -0.39 is 12.5 Å². The van der Waals surface area contributed by atoms with Gasteiger partial charge < -0.3 is 10.4 Å². The Bertz CT molecular complexity index is 767. The molecule has 1 aromatic carbocycles. The van der Waals surface area contributed by atoms with Crippen LogP contribution in [0.3, 0.4) is 0 Å². The van der Waals surface area contributed by atoms with Crippen LogP contribution in [0.2, 0.25) is 0 Å². The lowest BCUT2D eigenvalue weighted by atomic mass is 10.2.